The lowest BCUT2D eigenvalue weighted by molar-refractivity contribution is -0.337. The Balaban J connectivity index is 0.802. The number of esters is 2. The molecule has 4 unspecified atom stereocenters. The predicted molar refractivity (Wildman–Crippen MR) is 292 cm³/mol. The third kappa shape index (κ3) is 13.4. The van der Waals surface area contributed by atoms with Gasteiger partial charge in [-0.15, -0.1) is 0 Å². The van der Waals surface area contributed by atoms with Crippen LogP contribution in [0.15, 0.2) is 146 Å². The standard InChI is InChI=1S/C65H76O10/c1-43(49-21-13-9-14-22-49)53-33-47(34-54(59(53)68)44(2)50-23-15-10-16-24-50)29-31-57(66)70-37-63(5,6)61-72-39-65(40-73-61)41-74-62(75-42-65)64(7,8)38-71-58(67)32-30-48-35-55(45(3)51-25-17-11-18-26-51)60(69)56(36-48)46(4)52-27-19-12-20-28-52/h9-28,33-36,43-46,61-62,68-69H,29-32,37-42H2,1-8H3. The molecular formula is C65H76O10. The van der Waals surface area contributed by atoms with E-state index in [1.165, 1.54) is 0 Å². The van der Waals surface area contributed by atoms with Crippen LogP contribution in [0.3, 0.4) is 0 Å². The zero-order valence-electron chi connectivity index (χ0n) is 45.1. The van der Waals surface area contributed by atoms with Gasteiger partial charge >= 0.3 is 11.9 Å². The largest absolute Gasteiger partial charge is 0.507 e. The maximum atomic E-state index is 13.4. The van der Waals surface area contributed by atoms with E-state index in [4.69, 9.17) is 28.4 Å². The first-order valence-corrected chi connectivity index (χ1v) is 26.6. The lowest BCUT2D eigenvalue weighted by atomic mass is 9.84. The smallest absolute Gasteiger partial charge is 0.306 e. The van der Waals surface area contributed by atoms with Gasteiger partial charge in [0.2, 0.25) is 0 Å². The van der Waals surface area contributed by atoms with E-state index in [-0.39, 0.29) is 73.2 Å². The fourth-order valence-electron chi connectivity index (χ4n) is 10.3. The van der Waals surface area contributed by atoms with E-state index in [1.807, 2.05) is 125 Å². The summed E-state index contributed by atoms with van der Waals surface area (Å²) in [7, 11) is 0. The molecule has 396 valence electrons. The minimum atomic E-state index is -0.648. The molecule has 1 spiro atoms. The van der Waals surface area contributed by atoms with Crippen LogP contribution in [0.4, 0.5) is 0 Å². The van der Waals surface area contributed by atoms with Crippen molar-refractivity contribution in [1.82, 2.24) is 0 Å². The number of aryl methyl sites for hydroxylation is 2. The summed E-state index contributed by atoms with van der Waals surface area (Å²) in [5.41, 5.74) is 7.81. The molecule has 2 aliphatic heterocycles. The van der Waals surface area contributed by atoms with Crippen molar-refractivity contribution in [1.29, 1.82) is 0 Å². The van der Waals surface area contributed by atoms with Gasteiger partial charge in [-0.1, -0.05) is 201 Å². The van der Waals surface area contributed by atoms with Gasteiger partial charge in [0.15, 0.2) is 12.6 Å². The first kappa shape index (κ1) is 54.9. The number of benzene rings is 6. The molecule has 10 heteroatoms. The highest BCUT2D eigenvalue weighted by Crippen LogP contribution is 2.43. The molecule has 2 saturated heterocycles. The molecule has 2 heterocycles. The maximum Gasteiger partial charge on any atom is 0.306 e. The summed E-state index contributed by atoms with van der Waals surface area (Å²) in [6, 6.07) is 48.6. The van der Waals surface area contributed by atoms with Crippen molar-refractivity contribution in [3.05, 3.63) is 201 Å². The molecular weight excluding hydrogens is 941 g/mol. The fraction of sp³-hybridized carbons (Fsp3) is 0.415. The van der Waals surface area contributed by atoms with E-state index in [0.29, 0.717) is 39.3 Å². The number of phenolic OH excluding ortho intramolecular Hbond substituents is 2. The van der Waals surface area contributed by atoms with Crippen molar-refractivity contribution >= 4 is 11.9 Å². The molecule has 0 aromatic heterocycles. The van der Waals surface area contributed by atoms with Crippen molar-refractivity contribution < 1.29 is 48.2 Å². The SMILES string of the molecule is CC(c1ccccc1)c1cc(CCC(=O)OCC(C)(C)C2OCC3(CO2)COC(C(C)(C)COC(=O)CCc2cc(C(C)c4ccccc4)c(O)c(C(C)c4ccccc4)c2)OC3)cc(C(C)c2ccccc2)c1O. The average molecular weight is 1020 g/mol. The topological polar surface area (TPSA) is 130 Å². The van der Waals surface area contributed by atoms with Crippen molar-refractivity contribution in [2.24, 2.45) is 16.2 Å². The molecule has 6 aromatic rings. The summed E-state index contributed by atoms with van der Waals surface area (Å²) in [5.74, 6) is -0.319. The summed E-state index contributed by atoms with van der Waals surface area (Å²) >= 11 is 0. The minimum Gasteiger partial charge on any atom is -0.507 e. The van der Waals surface area contributed by atoms with Gasteiger partial charge in [0, 0.05) is 69.6 Å². The van der Waals surface area contributed by atoms with E-state index >= 15 is 0 Å². The Bertz CT molecular complexity index is 2480. The molecule has 2 aliphatic rings. The Morgan fingerprint density at radius 1 is 0.480 bits per heavy atom. The van der Waals surface area contributed by atoms with E-state index in [9.17, 15) is 19.8 Å². The van der Waals surface area contributed by atoms with Gasteiger partial charge in [-0.2, -0.15) is 0 Å². The molecule has 2 fully saturated rings. The lowest BCUT2D eigenvalue weighted by Gasteiger charge is -2.48. The number of hydrogen-bond acceptors (Lipinski definition) is 10. The van der Waals surface area contributed by atoms with Gasteiger partial charge in [0.1, 0.15) is 24.7 Å². The zero-order chi connectivity index (χ0) is 53.3. The van der Waals surface area contributed by atoms with Crippen molar-refractivity contribution in [2.75, 3.05) is 39.6 Å². The van der Waals surface area contributed by atoms with Gasteiger partial charge in [0.25, 0.3) is 0 Å². The summed E-state index contributed by atoms with van der Waals surface area (Å²) in [4.78, 5) is 26.7. The molecule has 10 nitrogen and oxygen atoms in total. The second-order valence-corrected chi connectivity index (χ2v) is 22.5. The number of hydrogen-bond donors (Lipinski definition) is 2. The van der Waals surface area contributed by atoms with Gasteiger partial charge < -0.3 is 38.6 Å². The molecule has 2 N–H and O–H groups in total. The van der Waals surface area contributed by atoms with Crippen LogP contribution in [0.1, 0.15) is 148 Å². The fourth-order valence-corrected chi connectivity index (χ4v) is 10.3. The maximum absolute atomic E-state index is 13.4. The molecule has 8 rings (SSSR count). The van der Waals surface area contributed by atoms with E-state index < -0.39 is 28.8 Å². The third-order valence-corrected chi connectivity index (χ3v) is 15.4. The van der Waals surface area contributed by atoms with Crippen LogP contribution in [0.2, 0.25) is 0 Å². The predicted octanol–water partition coefficient (Wildman–Crippen LogP) is 13.1. The summed E-state index contributed by atoms with van der Waals surface area (Å²) in [6.45, 7) is 17.8. The van der Waals surface area contributed by atoms with Gasteiger partial charge in [-0.05, 0) is 46.2 Å². The average Bonchev–Trinajstić information content (AvgIpc) is 3.44. The van der Waals surface area contributed by atoms with Crippen LogP contribution in [-0.4, -0.2) is 74.4 Å². The van der Waals surface area contributed by atoms with Crippen molar-refractivity contribution in [3.8, 4) is 11.5 Å². The highest BCUT2D eigenvalue weighted by molar-refractivity contribution is 5.70. The highest BCUT2D eigenvalue weighted by Gasteiger charge is 2.48. The summed E-state index contributed by atoms with van der Waals surface area (Å²) < 4.78 is 37.1. The summed E-state index contributed by atoms with van der Waals surface area (Å²) in [6.07, 6.45) is 0.00952. The Kier molecular flexibility index (Phi) is 17.7. The van der Waals surface area contributed by atoms with Crippen LogP contribution in [0, 0.1) is 16.2 Å². The number of carbonyl (C=O) groups is 2. The molecule has 75 heavy (non-hydrogen) atoms. The molecule has 4 atom stereocenters. The molecule has 0 bridgehead atoms. The van der Waals surface area contributed by atoms with Crippen molar-refractivity contribution in [2.45, 2.75) is 117 Å². The molecule has 6 aromatic carbocycles. The quantitative estimate of drug-likeness (QED) is 0.0713. The second-order valence-electron chi connectivity index (χ2n) is 22.5. The highest BCUT2D eigenvalue weighted by atomic mass is 16.7. The number of ether oxygens (including phenoxy) is 6. The number of aromatic hydroxyl groups is 2. The Morgan fingerprint density at radius 3 is 0.987 bits per heavy atom. The first-order chi connectivity index (χ1) is 35.9. The van der Waals surface area contributed by atoms with E-state index in [2.05, 4.69) is 76.2 Å². The van der Waals surface area contributed by atoms with Crippen LogP contribution < -0.4 is 0 Å². The minimum absolute atomic E-state index is 0.0587. The van der Waals surface area contributed by atoms with Crippen LogP contribution in [-0.2, 0) is 50.9 Å². The van der Waals surface area contributed by atoms with E-state index in [1.54, 1.807) is 0 Å². The number of carbonyl (C=O) groups excluding carboxylic acids is 2. The molecule has 0 amide bonds. The van der Waals surface area contributed by atoms with Gasteiger partial charge in [0.05, 0.1) is 31.8 Å². The third-order valence-electron chi connectivity index (χ3n) is 15.4. The zero-order valence-corrected chi connectivity index (χ0v) is 45.1. The van der Waals surface area contributed by atoms with Crippen LogP contribution in [0.25, 0.3) is 0 Å². The van der Waals surface area contributed by atoms with Crippen LogP contribution >= 0.6 is 0 Å². The van der Waals surface area contributed by atoms with Gasteiger partial charge in [-0.3, -0.25) is 9.59 Å². The lowest BCUT2D eigenvalue weighted by Crippen LogP contribution is -2.57. The van der Waals surface area contributed by atoms with E-state index in [0.717, 1.165) is 55.6 Å². The Morgan fingerprint density at radius 2 is 0.733 bits per heavy atom. The van der Waals surface area contributed by atoms with Gasteiger partial charge in [-0.25, -0.2) is 0 Å². The second kappa shape index (κ2) is 24.1. The normalized spacial score (nSPS) is 19.7. The Hall–Kier alpha value is -6.30. The molecule has 0 radical (unpaired) electrons. The first-order valence-electron chi connectivity index (χ1n) is 26.6. The number of phenols is 2. The monoisotopic (exact) mass is 1020 g/mol. The summed E-state index contributed by atoms with van der Waals surface area (Å²) in [5, 5.41) is 23.4. The van der Waals surface area contributed by atoms with Crippen molar-refractivity contribution in [3.63, 3.8) is 0 Å². The number of rotatable bonds is 20. The van der Waals surface area contributed by atoms with Crippen LogP contribution in [0.5, 0.6) is 11.5 Å². The molecule has 0 saturated carbocycles. The molecule has 0 aliphatic carbocycles. The Labute approximate surface area is 444 Å².